The Balaban J connectivity index is 2.21. The first kappa shape index (κ1) is 14.1. The first-order valence-electron chi connectivity index (χ1n) is 5.99. The molecular formula is C13H22N2O2. The molecule has 1 aromatic carbocycles. The third kappa shape index (κ3) is 5.79. The van der Waals surface area contributed by atoms with Crippen molar-refractivity contribution in [1.82, 2.24) is 5.32 Å². The SMILES string of the molecule is CC(OCC(O)CNCCN)c1ccccc1. The Bertz CT molecular complexity index is 293. The van der Waals surface area contributed by atoms with Crippen LogP contribution in [0.1, 0.15) is 18.6 Å². The van der Waals surface area contributed by atoms with E-state index in [1.165, 1.54) is 0 Å². The van der Waals surface area contributed by atoms with E-state index in [-0.39, 0.29) is 6.10 Å². The predicted octanol–water partition coefficient (Wildman–Crippen LogP) is 0.673. The van der Waals surface area contributed by atoms with Gasteiger partial charge in [-0.15, -0.1) is 0 Å². The minimum Gasteiger partial charge on any atom is -0.389 e. The molecule has 0 amide bonds. The van der Waals surface area contributed by atoms with Crippen molar-refractivity contribution < 1.29 is 9.84 Å². The van der Waals surface area contributed by atoms with E-state index in [2.05, 4.69) is 5.32 Å². The number of ether oxygens (including phenoxy) is 1. The molecule has 2 atom stereocenters. The minimum atomic E-state index is -0.493. The van der Waals surface area contributed by atoms with E-state index >= 15 is 0 Å². The van der Waals surface area contributed by atoms with Gasteiger partial charge in [0.25, 0.3) is 0 Å². The predicted molar refractivity (Wildman–Crippen MR) is 68.7 cm³/mol. The van der Waals surface area contributed by atoms with Crippen LogP contribution in [0, 0.1) is 0 Å². The molecule has 0 fully saturated rings. The van der Waals surface area contributed by atoms with Gasteiger partial charge >= 0.3 is 0 Å². The van der Waals surface area contributed by atoms with Crippen LogP contribution in [-0.4, -0.2) is 37.5 Å². The Hall–Kier alpha value is -0.940. The van der Waals surface area contributed by atoms with Crippen LogP contribution in [0.4, 0.5) is 0 Å². The standard InChI is InChI=1S/C13H22N2O2/c1-11(12-5-3-2-4-6-12)17-10-13(16)9-15-8-7-14/h2-6,11,13,15-16H,7-10,14H2,1H3. The van der Waals surface area contributed by atoms with Crippen LogP contribution in [0.5, 0.6) is 0 Å². The molecule has 1 rings (SSSR count). The smallest absolute Gasteiger partial charge is 0.0897 e. The van der Waals surface area contributed by atoms with Gasteiger partial charge in [-0.05, 0) is 12.5 Å². The molecule has 0 saturated heterocycles. The summed E-state index contributed by atoms with van der Waals surface area (Å²) in [6.45, 7) is 4.11. The van der Waals surface area contributed by atoms with Gasteiger partial charge in [-0.2, -0.15) is 0 Å². The van der Waals surface area contributed by atoms with E-state index in [4.69, 9.17) is 10.5 Å². The van der Waals surface area contributed by atoms with E-state index in [0.717, 1.165) is 5.56 Å². The highest BCUT2D eigenvalue weighted by Gasteiger charge is 2.08. The van der Waals surface area contributed by atoms with Crippen LogP contribution in [0.3, 0.4) is 0 Å². The fourth-order valence-corrected chi connectivity index (χ4v) is 1.51. The van der Waals surface area contributed by atoms with Crippen molar-refractivity contribution >= 4 is 0 Å². The topological polar surface area (TPSA) is 67.5 Å². The van der Waals surface area contributed by atoms with Crippen LogP contribution in [0.15, 0.2) is 30.3 Å². The van der Waals surface area contributed by atoms with Crippen LogP contribution in [0.25, 0.3) is 0 Å². The Labute approximate surface area is 103 Å². The van der Waals surface area contributed by atoms with Gasteiger partial charge < -0.3 is 20.9 Å². The third-order valence-corrected chi connectivity index (χ3v) is 2.51. The van der Waals surface area contributed by atoms with Gasteiger partial charge in [0.2, 0.25) is 0 Å². The lowest BCUT2D eigenvalue weighted by molar-refractivity contribution is -0.00187. The highest BCUT2D eigenvalue weighted by molar-refractivity contribution is 5.16. The lowest BCUT2D eigenvalue weighted by Crippen LogP contribution is -2.33. The Morgan fingerprint density at radius 1 is 1.35 bits per heavy atom. The zero-order chi connectivity index (χ0) is 12.5. The highest BCUT2D eigenvalue weighted by atomic mass is 16.5. The maximum absolute atomic E-state index is 9.64. The van der Waals surface area contributed by atoms with Crippen LogP contribution >= 0.6 is 0 Å². The molecule has 2 unspecified atom stereocenters. The molecule has 0 aliphatic rings. The molecule has 0 aliphatic heterocycles. The summed E-state index contributed by atoms with van der Waals surface area (Å²) in [5.74, 6) is 0. The first-order valence-corrected chi connectivity index (χ1v) is 5.99. The van der Waals surface area contributed by atoms with E-state index in [1.54, 1.807) is 0 Å². The van der Waals surface area contributed by atoms with Crippen molar-refractivity contribution in [2.75, 3.05) is 26.2 Å². The van der Waals surface area contributed by atoms with Crippen molar-refractivity contribution in [2.45, 2.75) is 19.1 Å². The number of aliphatic hydroxyl groups excluding tert-OH is 1. The van der Waals surface area contributed by atoms with E-state index < -0.39 is 6.10 Å². The number of hydrogen-bond acceptors (Lipinski definition) is 4. The summed E-state index contributed by atoms with van der Waals surface area (Å²) in [6, 6.07) is 9.97. The molecule has 0 heterocycles. The normalized spacial score (nSPS) is 14.5. The van der Waals surface area contributed by atoms with Gasteiger partial charge in [0, 0.05) is 19.6 Å². The summed E-state index contributed by atoms with van der Waals surface area (Å²) in [6.07, 6.45) is -0.493. The second-order valence-corrected chi connectivity index (χ2v) is 4.03. The molecule has 0 radical (unpaired) electrons. The van der Waals surface area contributed by atoms with E-state index in [0.29, 0.717) is 26.2 Å². The summed E-state index contributed by atoms with van der Waals surface area (Å²) in [7, 11) is 0. The fourth-order valence-electron chi connectivity index (χ4n) is 1.51. The quantitative estimate of drug-likeness (QED) is 0.582. The van der Waals surface area contributed by atoms with Crippen molar-refractivity contribution in [3.63, 3.8) is 0 Å². The molecule has 0 aliphatic carbocycles. The highest BCUT2D eigenvalue weighted by Crippen LogP contribution is 2.15. The minimum absolute atomic E-state index is 0.000332. The van der Waals surface area contributed by atoms with Crippen LogP contribution in [0.2, 0.25) is 0 Å². The molecule has 0 saturated carbocycles. The summed E-state index contributed by atoms with van der Waals surface area (Å²) in [5.41, 5.74) is 6.46. The zero-order valence-electron chi connectivity index (χ0n) is 10.3. The van der Waals surface area contributed by atoms with Crippen molar-refractivity contribution in [3.05, 3.63) is 35.9 Å². The van der Waals surface area contributed by atoms with Gasteiger partial charge in [-0.25, -0.2) is 0 Å². The van der Waals surface area contributed by atoms with Gasteiger partial charge in [-0.1, -0.05) is 30.3 Å². The van der Waals surface area contributed by atoms with Gasteiger partial charge in [0.05, 0.1) is 18.8 Å². The molecule has 96 valence electrons. The molecule has 17 heavy (non-hydrogen) atoms. The summed E-state index contributed by atoms with van der Waals surface area (Å²) in [4.78, 5) is 0. The first-order chi connectivity index (χ1) is 8.24. The second-order valence-electron chi connectivity index (χ2n) is 4.03. The molecule has 4 N–H and O–H groups in total. The lowest BCUT2D eigenvalue weighted by atomic mass is 10.1. The zero-order valence-corrected chi connectivity index (χ0v) is 10.3. The molecular weight excluding hydrogens is 216 g/mol. The van der Waals surface area contributed by atoms with Gasteiger partial charge in [0.15, 0.2) is 0 Å². The van der Waals surface area contributed by atoms with Gasteiger partial charge in [0.1, 0.15) is 0 Å². The maximum atomic E-state index is 9.64. The number of rotatable bonds is 8. The fraction of sp³-hybridized carbons (Fsp3) is 0.538. The average molecular weight is 238 g/mol. The average Bonchev–Trinajstić information content (AvgIpc) is 2.37. The van der Waals surface area contributed by atoms with Crippen molar-refractivity contribution in [3.8, 4) is 0 Å². The summed E-state index contributed by atoms with van der Waals surface area (Å²) in [5, 5.41) is 12.7. The molecule has 4 nitrogen and oxygen atoms in total. The summed E-state index contributed by atoms with van der Waals surface area (Å²) < 4.78 is 5.60. The molecule has 1 aromatic rings. The monoisotopic (exact) mass is 238 g/mol. The largest absolute Gasteiger partial charge is 0.389 e. The Kier molecular flexibility index (Phi) is 6.81. The molecule has 0 aromatic heterocycles. The Morgan fingerprint density at radius 2 is 2.06 bits per heavy atom. The molecule has 0 spiro atoms. The Morgan fingerprint density at radius 3 is 2.71 bits per heavy atom. The van der Waals surface area contributed by atoms with Crippen molar-refractivity contribution in [1.29, 1.82) is 0 Å². The number of benzene rings is 1. The van der Waals surface area contributed by atoms with Gasteiger partial charge in [-0.3, -0.25) is 0 Å². The van der Waals surface area contributed by atoms with Crippen molar-refractivity contribution in [2.24, 2.45) is 5.73 Å². The second kappa shape index (κ2) is 8.20. The number of aliphatic hydroxyl groups is 1. The van der Waals surface area contributed by atoms with Crippen LogP contribution < -0.4 is 11.1 Å². The maximum Gasteiger partial charge on any atom is 0.0897 e. The lowest BCUT2D eigenvalue weighted by Gasteiger charge is -2.17. The number of nitrogens with one attached hydrogen (secondary N) is 1. The summed E-state index contributed by atoms with van der Waals surface area (Å²) >= 11 is 0. The van der Waals surface area contributed by atoms with E-state index in [9.17, 15) is 5.11 Å². The number of nitrogens with two attached hydrogens (primary N) is 1. The third-order valence-electron chi connectivity index (χ3n) is 2.51. The molecule has 0 bridgehead atoms. The number of hydrogen-bond donors (Lipinski definition) is 3. The van der Waals surface area contributed by atoms with E-state index in [1.807, 2.05) is 37.3 Å². The molecule has 4 heteroatoms. The van der Waals surface area contributed by atoms with Crippen LogP contribution in [-0.2, 0) is 4.74 Å².